The van der Waals surface area contributed by atoms with Crippen LogP contribution in [0.3, 0.4) is 0 Å². The van der Waals surface area contributed by atoms with Gasteiger partial charge < -0.3 is 39.0 Å². The first-order chi connectivity index (χ1) is 62.2. The minimum absolute atomic E-state index is 0. The number of thiophene rings is 2. The highest BCUT2D eigenvalue weighted by Gasteiger charge is 2.38. The zero-order chi connectivity index (χ0) is 96.9. The molecule has 2 aliphatic heterocycles. The molecular weight excluding hydrogens is 2320 g/mol. The van der Waals surface area contributed by atoms with Gasteiger partial charge in [-0.3, -0.25) is 23.4 Å². The lowest BCUT2D eigenvalue weighted by Crippen LogP contribution is -2.41. The summed E-state index contributed by atoms with van der Waals surface area (Å²) in [6.45, 7) is 23.4. The number of carbonyl (C=O) groups is 4. The lowest BCUT2D eigenvalue weighted by Gasteiger charge is -2.36. The van der Waals surface area contributed by atoms with Crippen molar-refractivity contribution < 1.29 is 60.6 Å². The number of esters is 1. The number of aliphatic hydroxyl groups excluding tert-OH is 2. The number of aryl methyl sites for hydroxylation is 1. The van der Waals surface area contributed by atoms with Crippen LogP contribution in [0.25, 0.3) is 4.85 Å². The molecule has 0 saturated heterocycles. The number of ether oxygens (including phenoxy) is 3. The summed E-state index contributed by atoms with van der Waals surface area (Å²) < 4.78 is 53.8. The van der Waals surface area contributed by atoms with E-state index < -0.39 is 30.6 Å². The third kappa shape index (κ3) is 36.7. The number of halogens is 14. The number of ketones is 1. The Morgan fingerprint density at radius 1 is 0.682 bits per heavy atom. The van der Waals surface area contributed by atoms with Crippen molar-refractivity contribution in [3.05, 3.63) is 343 Å². The van der Waals surface area contributed by atoms with E-state index >= 15 is 0 Å². The van der Waals surface area contributed by atoms with E-state index in [0.717, 1.165) is 125 Å². The summed E-state index contributed by atoms with van der Waals surface area (Å²) in [4.78, 5) is 59.0. The quantitative estimate of drug-likeness (QED) is 0.0130. The Labute approximate surface area is 872 Å². The number of aliphatic hydroxyl groups is 2. The highest BCUT2D eigenvalue weighted by atomic mass is 79.9. The number of nitrogens with zero attached hydrogens (tertiary/aromatic N) is 4. The van der Waals surface area contributed by atoms with Gasteiger partial charge in [-0.2, -0.15) is 13.7 Å². The van der Waals surface area contributed by atoms with Gasteiger partial charge in [-0.15, -0.1) is 22.7 Å². The van der Waals surface area contributed by atoms with Gasteiger partial charge in [-0.05, 0) is 265 Å². The molecule has 132 heavy (non-hydrogen) atoms. The summed E-state index contributed by atoms with van der Waals surface area (Å²) in [5, 5.41) is 44.7. The Morgan fingerprint density at radius 2 is 1.15 bits per heavy atom. The lowest BCUT2D eigenvalue weighted by atomic mass is 9.94. The van der Waals surface area contributed by atoms with Crippen molar-refractivity contribution in [2.24, 2.45) is 11.1 Å². The molecule has 0 amide bonds. The summed E-state index contributed by atoms with van der Waals surface area (Å²) in [5.74, 6) is -0.616. The molecule has 1 saturated carbocycles. The topological polar surface area (TPSA) is 281 Å². The van der Waals surface area contributed by atoms with Crippen molar-refractivity contribution >= 4 is 260 Å². The number of nitrogens with one attached hydrogen (secondary N) is 1. The molecule has 11 aromatic rings. The third-order valence-corrected chi connectivity index (χ3v) is 36.2. The maximum Gasteiger partial charge on any atom is 0.333 e. The van der Waals surface area contributed by atoms with Crippen molar-refractivity contribution in [3.8, 4) is 6.07 Å². The summed E-state index contributed by atoms with van der Waals surface area (Å²) in [6.07, 6.45) is 7.20. The van der Waals surface area contributed by atoms with Gasteiger partial charge in [0.05, 0.1) is 91.0 Å². The number of carbonyl (C=O) groups excluding carboxylic acids is 4. The average Bonchev–Trinajstić information content (AvgIpc) is 1.46. The molecule has 5 heterocycles. The van der Waals surface area contributed by atoms with E-state index in [0.29, 0.717) is 91.9 Å². The van der Waals surface area contributed by atoms with Crippen LogP contribution in [0.5, 0.6) is 0 Å². The van der Waals surface area contributed by atoms with Crippen LogP contribution in [0, 0.1) is 30.7 Å². The number of nitriles is 1. The normalized spacial score (nSPS) is 14.9. The van der Waals surface area contributed by atoms with Crippen LogP contribution >= 0.6 is 211 Å². The summed E-state index contributed by atoms with van der Waals surface area (Å²) >= 11 is 70.6. The summed E-state index contributed by atoms with van der Waals surface area (Å²) in [7, 11) is -4.46. The van der Waals surface area contributed by atoms with Gasteiger partial charge in [0.25, 0.3) is 0 Å². The van der Waals surface area contributed by atoms with Gasteiger partial charge in [-0.25, -0.2) is 21.7 Å². The number of alkyl halides is 1. The van der Waals surface area contributed by atoms with E-state index in [1.165, 1.54) is 65.9 Å². The van der Waals surface area contributed by atoms with Crippen molar-refractivity contribution in [3.63, 3.8) is 0 Å². The number of nitrogens with two attached hydrogens (primary N) is 1. The van der Waals surface area contributed by atoms with Gasteiger partial charge >= 0.3 is 16.3 Å². The molecule has 0 bridgehead atoms. The number of hydrogen-bond acceptors (Lipinski definition) is 19. The molecule has 1 fully saturated rings. The third-order valence-electron chi connectivity index (χ3n) is 20.2. The minimum atomic E-state index is -4.10. The van der Waals surface area contributed by atoms with Crippen LogP contribution in [0.2, 0.25) is 58.3 Å². The number of aromatic nitrogens is 2. The predicted octanol–water partition coefficient (Wildman–Crippen LogP) is 29.0. The molecule has 0 radical (unpaired) electrons. The number of methoxy groups -OCH3 is 1. The summed E-state index contributed by atoms with van der Waals surface area (Å²) in [6, 6.07) is 50.6. The standard InChI is InChI=1S/C24H25ClN4O6S2.C15H23ClO2Si.C14H11ClO2S.C9H8BrClO2.C8H5BrClN.C8H8BrClO.C7H5Br2Cl.C7H6BrCl.C2H3N.CH4/c25-18-3-1-2-13-4-5-34-23(21(13)18)15-7-20(36-11-15)22(31)17-9-27-12-28-24(17)29-16-6-14(19(30)8-16)10-35-37(26,32)33;1-15(2,3)19(4,5)18-10-9-12-7-6-8-14(16)13(12)11-17;15-12-3-1-2-9-4-5-17-14(13(9)12)10-6-11(7-16)18-8-10;1-13-8(12)5-6-3-2-4-7(11)9(6)10;1-11-5-6-3-2-4-7(10)8(6)9;9-8-6(4-5-11)2-1-3-7(8)10;8-4-5-2-1-3-6(10)7(5)9;1-5-3-2-4-6(9)7(5)8;1-2-3;/h1-3,7,9,11-12,14,16,19,23,30H,4-6,8,10H2,(H2,26,32,33)(H,27,28,29);6-8,11H,9-10H2,1-5H3;1-3,6-8,14H,4-5H2;2-4H,5H2,1H3;2-4H,5H2;1-3,11H,4-5H2;1-3H,4H2;2-4H,1H3;1H3;1H4/t14-,16-,19+,23?;;;;;;;;;/m1........./s1. The second-order valence-electron chi connectivity index (χ2n) is 30.2. The molecule has 37 heteroatoms. The molecule has 3 aliphatic rings. The number of hydrogen-bond donors (Lipinski definition) is 4. The molecule has 14 rings (SSSR count). The Balaban J connectivity index is 0.000000280. The smallest absolute Gasteiger partial charge is 0.333 e. The van der Waals surface area contributed by atoms with Crippen LogP contribution in [0.1, 0.15) is 162 Å². The molecule has 2 unspecified atom stereocenters. The van der Waals surface area contributed by atoms with Crippen LogP contribution in [-0.2, 0) is 81.9 Å². The molecular formula is C95H98Br6Cl8N6O13S3Si. The molecule has 3 aromatic heterocycles. The highest BCUT2D eigenvalue weighted by molar-refractivity contribution is 9.11. The van der Waals surface area contributed by atoms with E-state index in [1.807, 2.05) is 145 Å². The zero-order valence-corrected chi connectivity index (χ0v) is 91.0. The van der Waals surface area contributed by atoms with E-state index in [4.69, 9.17) is 129 Å². The fraction of sp³-hybridized carbons (Fsp3) is 0.305. The SMILES string of the molecule is C.CC#N.CC(C)(C)[Si](C)(C)OCCc1cccc(Cl)c1C=O.COC(=O)Cc1cccc(Cl)c1Br.Cc1cccc(Cl)c1Br.Clc1cccc(CBr)c1Br.NS(=O)(=O)OC[C@H]1C[C@@H](Nc2ncncc2C(=O)c2cc(C3OCCc4cccc(Cl)c43)cs2)C[C@@H]1O.O=Cc1cc(C2OCCc3cccc(Cl)c32)cs1.OCCc1cccc(Cl)c1Br.[C-]#[N+]Cc1cccc(Cl)c1Br. The maximum atomic E-state index is 13.5. The Bertz CT molecular complexity index is 5840. The van der Waals surface area contributed by atoms with Crippen LogP contribution < -0.4 is 10.5 Å². The van der Waals surface area contributed by atoms with Gasteiger partial charge in [0.2, 0.25) is 12.3 Å². The molecule has 5 atom stereocenters. The van der Waals surface area contributed by atoms with Gasteiger partial charge in [-0.1, -0.05) is 234 Å². The van der Waals surface area contributed by atoms with Crippen LogP contribution in [0.15, 0.2) is 203 Å². The van der Waals surface area contributed by atoms with Crippen LogP contribution in [0.4, 0.5) is 5.82 Å². The molecule has 0 spiro atoms. The molecule has 706 valence electrons. The van der Waals surface area contributed by atoms with Crippen molar-refractivity contribution in [1.82, 2.24) is 9.97 Å². The second kappa shape index (κ2) is 59.1. The van der Waals surface area contributed by atoms with Crippen molar-refractivity contribution in [2.45, 2.75) is 141 Å². The number of anilines is 1. The van der Waals surface area contributed by atoms with Crippen molar-refractivity contribution in [2.75, 3.05) is 45.5 Å². The van der Waals surface area contributed by atoms with Crippen molar-refractivity contribution in [1.29, 1.82) is 5.26 Å². The van der Waals surface area contributed by atoms with Gasteiger partial charge in [0.15, 0.2) is 20.9 Å². The second-order valence-corrected chi connectivity index (χ2v) is 45.9. The number of benzene rings is 8. The van der Waals surface area contributed by atoms with E-state index in [1.54, 1.807) is 30.3 Å². The maximum absolute atomic E-state index is 13.5. The lowest BCUT2D eigenvalue weighted by molar-refractivity contribution is -0.139. The van der Waals surface area contributed by atoms with E-state index in [-0.39, 0.29) is 67.7 Å². The number of fused-ring (bicyclic) bond motifs is 2. The first-order valence-electron chi connectivity index (χ1n) is 39.9. The number of rotatable bonds is 21. The molecule has 8 aromatic carbocycles. The Morgan fingerprint density at radius 3 is 1.64 bits per heavy atom. The Hall–Kier alpha value is -5.41. The number of aldehydes is 2. The molecule has 19 nitrogen and oxygen atoms in total. The van der Waals surface area contributed by atoms with Gasteiger partial charge in [0, 0.05) is 98.3 Å². The fourth-order valence-corrected chi connectivity index (χ4v) is 20.1. The first-order valence-corrected chi connectivity index (χ1v) is 54.2. The largest absolute Gasteiger partial charge is 0.469 e. The highest BCUT2D eigenvalue weighted by Crippen LogP contribution is 2.43. The fourth-order valence-electron chi connectivity index (χ4n) is 12.5. The first kappa shape index (κ1) is 117. The monoisotopic (exact) mass is 2410 g/mol. The minimum Gasteiger partial charge on any atom is -0.469 e. The van der Waals surface area contributed by atoms with Crippen LogP contribution in [-0.4, -0.2) is 114 Å². The zero-order valence-electron chi connectivity index (χ0n) is 72.0. The average molecular weight is 2420 g/mol. The molecule has 5 N–H and O–H groups in total. The van der Waals surface area contributed by atoms with E-state index in [9.17, 15) is 32.7 Å². The molecule has 1 aliphatic carbocycles. The van der Waals surface area contributed by atoms with E-state index in [2.05, 4.69) is 165 Å². The summed E-state index contributed by atoms with van der Waals surface area (Å²) in [5.41, 5.74) is 13.2. The van der Waals surface area contributed by atoms with Gasteiger partial charge in [0.1, 0.15) is 24.4 Å². The Kier molecular flexibility index (Phi) is 52.4. The predicted molar refractivity (Wildman–Crippen MR) is 562 cm³/mol.